The van der Waals surface area contributed by atoms with Crippen molar-refractivity contribution < 1.29 is 19.1 Å². The molecule has 1 aromatic rings. The zero-order chi connectivity index (χ0) is 22.3. The Kier molecular flexibility index (Phi) is 8.96. The lowest BCUT2D eigenvalue weighted by molar-refractivity contribution is -0.137. The number of rotatable bonds is 10. The van der Waals surface area contributed by atoms with Gasteiger partial charge < -0.3 is 20.1 Å². The molecule has 2 N–H and O–H groups in total. The van der Waals surface area contributed by atoms with Gasteiger partial charge in [0.05, 0.1) is 12.5 Å². The van der Waals surface area contributed by atoms with Gasteiger partial charge in [0.15, 0.2) is 18.1 Å². The van der Waals surface area contributed by atoms with Crippen LogP contribution in [0.3, 0.4) is 0 Å². The van der Waals surface area contributed by atoms with Crippen LogP contribution in [0.2, 0.25) is 0 Å². The summed E-state index contributed by atoms with van der Waals surface area (Å²) in [5.41, 5.74) is 6.57. The molecule has 1 atom stereocenters. The topological polar surface area (TPSA) is 85.1 Å². The molecule has 1 saturated heterocycles. The van der Waals surface area contributed by atoms with Crippen LogP contribution >= 0.6 is 0 Å². The fourth-order valence-electron chi connectivity index (χ4n) is 4.11. The second kappa shape index (κ2) is 11.2. The summed E-state index contributed by atoms with van der Waals surface area (Å²) in [6.07, 6.45) is 1.83. The summed E-state index contributed by atoms with van der Waals surface area (Å²) in [5.74, 6) is 0.850. The molecule has 0 aromatic heterocycles. The van der Waals surface area contributed by atoms with E-state index in [0.29, 0.717) is 24.7 Å². The predicted octanol–water partition coefficient (Wildman–Crippen LogP) is 2.81. The third-order valence-corrected chi connectivity index (χ3v) is 5.37. The molecule has 0 bridgehead atoms. The number of nitrogens with two attached hydrogens (primary N) is 1. The molecule has 1 aliphatic heterocycles. The molecule has 1 fully saturated rings. The zero-order valence-electron chi connectivity index (χ0n) is 19.0. The van der Waals surface area contributed by atoms with Crippen LogP contribution in [-0.2, 0) is 16.1 Å². The van der Waals surface area contributed by atoms with Gasteiger partial charge >= 0.3 is 0 Å². The molecule has 1 unspecified atom stereocenters. The van der Waals surface area contributed by atoms with Crippen molar-refractivity contribution in [2.45, 2.75) is 66.1 Å². The van der Waals surface area contributed by atoms with E-state index in [9.17, 15) is 9.59 Å². The lowest BCUT2D eigenvalue weighted by Crippen LogP contribution is -2.44. The number of hydrogen-bond acceptors (Lipinski definition) is 5. The molecule has 7 heteroatoms. The van der Waals surface area contributed by atoms with E-state index in [-0.39, 0.29) is 36.4 Å². The van der Waals surface area contributed by atoms with Gasteiger partial charge in [0.1, 0.15) is 0 Å². The predicted molar refractivity (Wildman–Crippen MR) is 117 cm³/mol. The monoisotopic (exact) mass is 419 g/mol. The molecule has 168 valence electrons. The van der Waals surface area contributed by atoms with Crippen molar-refractivity contribution in [3.63, 3.8) is 0 Å². The molecule has 0 radical (unpaired) electrons. The van der Waals surface area contributed by atoms with Crippen LogP contribution in [0.1, 0.15) is 53.0 Å². The van der Waals surface area contributed by atoms with Gasteiger partial charge in [-0.1, -0.05) is 6.07 Å². The molecule has 1 aromatic carbocycles. The normalized spacial score (nSPS) is 17.2. The van der Waals surface area contributed by atoms with Gasteiger partial charge in [-0.3, -0.25) is 14.5 Å². The second-order valence-electron chi connectivity index (χ2n) is 8.47. The fraction of sp³-hybridized carbons (Fsp3) is 0.652. The first-order chi connectivity index (χ1) is 14.2. The van der Waals surface area contributed by atoms with Crippen molar-refractivity contribution in [1.29, 1.82) is 0 Å². The average molecular weight is 420 g/mol. The van der Waals surface area contributed by atoms with E-state index < -0.39 is 0 Å². The number of amides is 2. The number of benzene rings is 1. The van der Waals surface area contributed by atoms with Gasteiger partial charge in [-0.2, -0.15) is 0 Å². The molecular weight excluding hydrogens is 382 g/mol. The Labute approximate surface area is 180 Å². The summed E-state index contributed by atoms with van der Waals surface area (Å²) in [6, 6.07) is 6.03. The highest BCUT2D eigenvalue weighted by Gasteiger charge is 2.24. The summed E-state index contributed by atoms with van der Waals surface area (Å²) in [7, 11) is 0. The smallest absolute Gasteiger partial charge is 0.260 e. The Morgan fingerprint density at radius 2 is 1.87 bits per heavy atom. The number of primary amides is 1. The van der Waals surface area contributed by atoms with Crippen LogP contribution in [0.25, 0.3) is 0 Å². The van der Waals surface area contributed by atoms with Crippen LogP contribution in [0, 0.1) is 5.92 Å². The minimum absolute atomic E-state index is 0.0256. The number of carbonyl (C=O) groups is 2. The van der Waals surface area contributed by atoms with Gasteiger partial charge in [0.25, 0.3) is 5.91 Å². The standard InChI is InChI=1S/C23H37N3O4/c1-6-29-21-12-18(13-25-11-7-8-19(14-25)23(24)28)9-10-20(21)30-15-22(27)26(16(2)3)17(4)5/h9-10,12,16-17,19H,6-8,11,13-15H2,1-5H3,(H2,24,28). The van der Waals surface area contributed by atoms with E-state index in [1.807, 2.05) is 57.7 Å². The van der Waals surface area contributed by atoms with Crippen LogP contribution in [0.4, 0.5) is 0 Å². The van der Waals surface area contributed by atoms with Gasteiger partial charge in [-0.25, -0.2) is 0 Å². The number of likely N-dealkylation sites (tertiary alicyclic amines) is 1. The van der Waals surface area contributed by atoms with E-state index in [1.54, 1.807) is 0 Å². The Morgan fingerprint density at radius 1 is 1.17 bits per heavy atom. The first-order valence-electron chi connectivity index (χ1n) is 10.9. The van der Waals surface area contributed by atoms with Crippen LogP contribution < -0.4 is 15.2 Å². The van der Waals surface area contributed by atoms with Crippen LogP contribution in [0.5, 0.6) is 11.5 Å². The third kappa shape index (κ3) is 6.62. The van der Waals surface area contributed by atoms with Gasteiger partial charge in [-0.15, -0.1) is 0 Å². The highest BCUT2D eigenvalue weighted by atomic mass is 16.5. The van der Waals surface area contributed by atoms with Crippen molar-refractivity contribution >= 4 is 11.8 Å². The molecule has 1 aliphatic rings. The maximum atomic E-state index is 12.6. The third-order valence-electron chi connectivity index (χ3n) is 5.37. The zero-order valence-corrected chi connectivity index (χ0v) is 19.0. The molecule has 30 heavy (non-hydrogen) atoms. The van der Waals surface area contributed by atoms with Crippen molar-refractivity contribution in [1.82, 2.24) is 9.80 Å². The van der Waals surface area contributed by atoms with E-state index in [2.05, 4.69) is 4.90 Å². The van der Waals surface area contributed by atoms with Crippen LogP contribution in [-0.4, -0.2) is 60.0 Å². The molecule has 1 heterocycles. The molecule has 0 aliphatic carbocycles. The maximum absolute atomic E-state index is 12.6. The summed E-state index contributed by atoms with van der Waals surface area (Å²) < 4.78 is 11.6. The van der Waals surface area contributed by atoms with Gasteiger partial charge in [-0.05, 0) is 71.7 Å². The Hall–Kier alpha value is -2.28. The molecule has 7 nitrogen and oxygen atoms in total. The number of ether oxygens (including phenoxy) is 2. The van der Waals surface area contributed by atoms with Crippen molar-refractivity contribution in [3.8, 4) is 11.5 Å². The highest BCUT2D eigenvalue weighted by Crippen LogP contribution is 2.30. The van der Waals surface area contributed by atoms with Crippen molar-refractivity contribution in [2.75, 3.05) is 26.3 Å². The first-order valence-corrected chi connectivity index (χ1v) is 10.9. The lowest BCUT2D eigenvalue weighted by atomic mass is 9.97. The largest absolute Gasteiger partial charge is 0.490 e. The van der Waals surface area contributed by atoms with Crippen LogP contribution in [0.15, 0.2) is 18.2 Å². The summed E-state index contributed by atoms with van der Waals surface area (Å²) in [6.45, 7) is 12.8. The minimum atomic E-state index is -0.222. The molecular formula is C23H37N3O4. The second-order valence-corrected chi connectivity index (χ2v) is 8.47. The van der Waals surface area contributed by atoms with E-state index in [1.165, 1.54) is 0 Å². The van der Waals surface area contributed by atoms with Crippen molar-refractivity contribution in [2.24, 2.45) is 11.7 Å². The molecule has 2 rings (SSSR count). The molecule has 0 spiro atoms. The van der Waals surface area contributed by atoms with E-state index in [0.717, 1.165) is 31.5 Å². The summed E-state index contributed by atoms with van der Waals surface area (Å²) in [5, 5.41) is 0. The maximum Gasteiger partial charge on any atom is 0.260 e. The van der Waals surface area contributed by atoms with E-state index >= 15 is 0 Å². The van der Waals surface area contributed by atoms with Gasteiger partial charge in [0, 0.05) is 25.2 Å². The van der Waals surface area contributed by atoms with Gasteiger partial charge in [0.2, 0.25) is 5.91 Å². The van der Waals surface area contributed by atoms with Crippen molar-refractivity contribution in [3.05, 3.63) is 23.8 Å². The first kappa shape index (κ1) is 24.0. The minimum Gasteiger partial charge on any atom is -0.490 e. The highest BCUT2D eigenvalue weighted by molar-refractivity contribution is 5.78. The SMILES string of the molecule is CCOc1cc(CN2CCCC(C(N)=O)C2)ccc1OCC(=O)N(C(C)C)C(C)C. The average Bonchev–Trinajstić information content (AvgIpc) is 2.67. The number of nitrogens with zero attached hydrogens (tertiary/aromatic N) is 2. The Balaban J connectivity index is 2.05. The number of hydrogen-bond donors (Lipinski definition) is 1. The molecule has 2 amide bonds. The fourth-order valence-corrected chi connectivity index (χ4v) is 4.11. The summed E-state index contributed by atoms with van der Waals surface area (Å²) >= 11 is 0. The number of piperidine rings is 1. The Morgan fingerprint density at radius 3 is 2.47 bits per heavy atom. The quantitative estimate of drug-likeness (QED) is 0.630. The molecule has 0 saturated carbocycles. The number of carbonyl (C=O) groups excluding carboxylic acids is 2. The summed E-state index contributed by atoms with van der Waals surface area (Å²) in [4.78, 5) is 28.2. The van der Waals surface area contributed by atoms with E-state index in [4.69, 9.17) is 15.2 Å². The lowest BCUT2D eigenvalue weighted by Gasteiger charge is -2.31. The Bertz CT molecular complexity index is 712.